The molecule has 0 radical (unpaired) electrons. The Morgan fingerprint density at radius 3 is 2.29 bits per heavy atom. The Hall–Kier alpha value is -0.520. The summed E-state index contributed by atoms with van der Waals surface area (Å²) >= 11 is 0. The summed E-state index contributed by atoms with van der Waals surface area (Å²) in [5.41, 5.74) is 0. The molecule has 0 unspecified atom stereocenters. The first-order valence-corrected chi connectivity index (χ1v) is 9.51. The third-order valence-electron chi connectivity index (χ3n) is 5.28. The van der Waals surface area contributed by atoms with Gasteiger partial charge in [-0.25, -0.2) is 4.79 Å². The van der Waals surface area contributed by atoms with Gasteiger partial charge < -0.3 is 9.64 Å². The molecule has 0 N–H and O–H groups in total. The van der Waals surface area contributed by atoms with Crippen LogP contribution in [0.3, 0.4) is 0 Å². The van der Waals surface area contributed by atoms with E-state index in [2.05, 4.69) is 23.6 Å². The third kappa shape index (κ3) is 6.41. The van der Waals surface area contributed by atoms with Crippen LogP contribution in [0.2, 0.25) is 0 Å². The van der Waals surface area contributed by atoms with E-state index >= 15 is 0 Å². The van der Waals surface area contributed by atoms with E-state index in [0.29, 0.717) is 12.6 Å². The van der Waals surface area contributed by atoms with Crippen LogP contribution in [0.4, 0.5) is 4.79 Å². The van der Waals surface area contributed by atoms with E-state index in [4.69, 9.17) is 4.74 Å². The van der Waals surface area contributed by atoms with Gasteiger partial charge in [0.15, 0.2) is 0 Å². The zero-order chi connectivity index (χ0) is 16.7. The molecule has 0 aromatic heterocycles. The lowest BCUT2D eigenvalue weighted by Gasteiger charge is -2.40. The molecule has 2 rings (SSSR count). The molecule has 0 aromatic carbocycles. The summed E-state index contributed by atoms with van der Waals surface area (Å²) in [5.74, 6) is 0. The maximum atomic E-state index is 11.7. The van der Waals surface area contributed by atoms with Crippen LogP contribution in [0, 0.1) is 0 Å². The maximum absolute atomic E-state index is 11.7. The molecule has 1 saturated carbocycles. The van der Waals surface area contributed by atoms with Gasteiger partial charge in [-0.3, -0.25) is 9.80 Å². The fourth-order valence-corrected chi connectivity index (χ4v) is 3.90. The van der Waals surface area contributed by atoms with Crippen molar-refractivity contribution in [1.82, 2.24) is 14.7 Å². The predicted molar refractivity (Wildman–Crippen MR) is 101 cm³/mol. The van der Waals surface area contributed by atoms with Gasteiger partial charge in [0, 0.05) is 51.4 Å². The Labute approximate surface area is 154 Å². The standard InChI is InChI=1S/C18H35N3O2.ClH/c1-4-23-18(22)20-13-10-19(11-14-20)12-15-21(16(2)3)17-8-6-5-7-9-17;/h16-17H,4-15H2,1-3H3;1H. The topological polar surface area (TPSA) is 36.0 Å². The van der Waals surface area contributed by atoms with Gasteiger partial charge in [0.1, 0.15) is 0 Å². The van der Waals surface area contributed by atoms with Gasteiger partial charge in [0.2, 0.25) is 0 Å². The van der Waals surface area contributed by atoms with Gasteiger partial charge in [-0.05, 0) is 33.6 Å². The Morgan fingerprint density at radius 2 is 1.75 bits per heavy atom. The van der Waals surface area contributed by atoms with Crippen LogP contribution in [-0.2, 0) is 4.74 Å². The van der Waals surface area contributed by atoms with Gasteiger partial charge in [-0.15, -0.1) is 12.4 Å². The minimum Gasteiger partial charge on any atom is -0.450 e. The number of rotatable bonds is 6. The minimum atomic E-state index is -0.154. The molecule has 2 aliphatic rings. The van der Waals surface area contributed by atoms with Gasteiger partial charge in [0.05, 0.1) is 6.61 Å². The SMILES string of the molecule is CCOC(=O)N1CCN(CCN(C(C)C)C2CCCCC2)CC1.Cl. The third-order valence-corrected chi connectivity index (χ3v) is 5.28. The Bertz CT molecular complexity index is 354. The number of hydrogen-bond donors (Lipinski definition) is 0. The summed E-state index contributed by atoms with van der Waals surface area (Å²) in [6.45, 7) is 12.8. The van der Waals surface area contributed by atoms with E-state index in [1.807, 2.05) is 11.8 Å². The number of piperazine rings is 1. The highest BCUT2D eigenvalue weighted by Crippen LogP contribution is 2.24. The van der Waals surface area contributed by atoms with Crippen molar-refractivity contribution in [2.45, 2.75) is 65.0 Å². The van der Waals surface area contributed by atoms with E-state index in [1.165, 1.54) is 32.1 Å². The molecular formula is C18H36ClN3O2. The van der Waals surface area contributed by atoms with Gasteiger partial charge in [-0.1, -0.05) is 19.3 Å². The van der Waals surface area contributed by atoms with Crippen molar-refractivity contribution in [3.63, 3.8) is 0 Å². The fourth-order valence-electron chi connectivity index (χ4n) is 3.90. The molecular weight excluding hydrogens is 326 g/mol. The average Bonchev–Trinajstić information content (AvgIpc) is 2.56. The minimum absolute atomic E-state index is 0. The van der Waals surface area contributed by atoms with Crippen LogP contribution in [0.1, 0.15) is 52.9 Å². The first kappa shape index (κ1) is 21.5. The van der Waals surface area contributed by atoms with Gasteiger partial charge in [0.25, 0.3) is 0 Å². The van der Waals surface area contributed by atoms with Crippen LogP contribution in [0.15, 0.2) is 0 Å². The van der Waals surface area contributed by atoms with Gasteiger partial charge >= 0.3 is 6.09 Å². The number of carbonyl (C=O) groups is 1. The number of nitrogens with zero attached hydrogens (tertiary/aromatic N) is 3. The molecule has 1 saturated heterocycles. The lowest BCUT2D eigenvalue weighted by Crippen LogP contribution is -2.52. The van der Waals surface area contributed by atoms with Crippen molar-refractivity contribution in [2.75, 3.05) is 45.9 Å². The molecule has 142 valence electrons. The number of amides is 1. The van der Waals surface area contributed by atoms with Gasteiger partial charge in [-0.2, -0.15) is 0 Å². The molecule has 0 atom stereocenters. The highest BCUT2D eigenvalue weighted by atomic mass is 35.5. The highest BCUT2D eigenvalue weighted by molar-refractivity contribution is 5.85. The summed E-state index contributed by atoms with van der Waals surface area (Å²) in [5, 5.41) is 0. The second-order valence-corrected chi connectivity index (χ2v) is 7.15. The zero-order valence-corrected chi connectivity index (χ0v) is 16.5. The summed E-state index contributed by atoms with van der Waals surface area (Å²) in [6, 6.07) is 1.41. The molecule has 1 aliphatic heterocycles. The fraction of sp³-hybridized carbons (Fsp3) is 0.944. The number of halogens is 1. The monoisotopic (exact) mass is 361 g/mol. The molecule has 5 nitrogen and oxygen atoms in total. The lowest BCUT2D eigenvalue weighted by atomic mass is 9.93. The predicted octanol–water partition coefficient (Wildman–Crippen LogP) is 3.23. The molecule has 6 heteroatoms. The average molecular weight is 362 g/mol. The Morgan fingerprint density at radius 1 is 1.12 bits per heavy atom. The summed E-state index contributed by atoms with van der Waals surface area (Å²) in [4.78, 5) is 18.8. The molecule has 2 fully saturated rings. The van der Waals surface area contributed by atoms with Crippen LogP contribution in [0.5, 0.6) is 0 Å². The van der Waals surface area contributed by atoms with Crippen molar-refractivity contribution >= 4 is 18.5 Å². The molecule has 24 heavy (non-hydrogen) atoms. The van der Waals surface area contributed by atoms with E-state index in [1.54, 1.807) is 0 Å². The number of carbonyl (C=O) groups excluding carboxylic acids is 1. The number of hydrogen-bond acceptors (Lipinski definition) is 4. The molecule has 1 heterocycles. The molecule has 1 amide bonds. The lowest BCUT2D eigenvalue weighted by molar-refractivity contribution is 0.0655. The maximum Gasteiger partial charge on any atom is 0.409 e. The smallest absolute Gasteiger partial charge is 0.409 e. The van der Waals surface area contributed by atoms with Crippen LogP contribution in [0.25, 0.3) is 0 Å². The zero-order valence-electron chi connectivity index (χ0n) is 15.7. The van der Waals surface area contributed by atoms with E-state index < -0.39 is 0 Å². The van der Waals surface area contributed by atoms with Crippen LogP contribution in [-0.4, -0.2) is 78.8 Å². The summed E-state index contributed by atoms with van der Waals surface area (Å²) in [6.07, 6.45) is 6.79. The van der Waals surface area contributed by atoms with Crippen molar-refractivity contribution in [3.8, 4) is 0 Å². The quantitative estimate of drug-likeness (QED) is 0.727. The second-order valence-electron chi connectivity index (χ2n) is 7.15. The first-order valence-electron chi connectivity index (χ1n) is 9.51. The van der Waals surface area contributed by atoms with E-state index in [0.717, 1.165) is 45.3 Å². The van der Waals surface area contributed by atoms with Crippen LogP contribution >= 0.6 is 12.4 Å². The van der Waals surface area contributed by atoms with Crippen molar-refractivity contribution in [3.05, 3.63) is 0 Å². The summed E-state index contributed by atoms with van der Waals surface area (Å²) in [7, 11) is 0. The van der Waals surface area contributed by atoms with E-state index in [9.17, 15) is 4.79 Å². The summed E-state index contributed by atoms with van der Waals surface area (Å²) < 4.78 is 5.09. The molecule has 0 aromatic rings. The largest absolute Gasteiger partial charge is 0.450 e. The molecule has 0 spiro atoms. The first-order chi connectivity index (χ1) is 11.1. The van der Waals surface area contributed by atoms with Crippen LogP contribution < -0.4 is 0 Å². The van der Waals surface area contributed by atoms with Crippen molar-refractivity contribution < 1.29 is 9.53 Å². The van der Waals surface area contributed by atoms with Crippen molar-refractivity contribution in [1.29, 1.82) is 0 Å². The van der Waals surface area contributed by atoms with Crippen molar-refractivity contribution in [2.24, 2.45) is 0 Å². The van der Waals surface area contributed by atoms with E-state index in [-0.39, 0.29) is 18.5 Å². The normalized spacial score (nSPS) is 20.3. The Balaban J connectivity index is 0.00000288. The highest BCUT2D eigenvalue weighted by Gasteiger charge is 2.25. The Kier molecular flexibility index (Phi) is 10.0. The molecule has 0 bridgehead atoms. The second kappa shape index (κ2) is 11.2. The molecule has 1 aliphatic carbocycles. The number of ether oxygens (including phenoxy) is 1.